The van der Waals surface area contributed by atoms with Crippen LogP contribution in [0, 0.1) is 36.5 Å². The maximum atomic E-state index is 10.8. The summed E-state index contributed by atoms with van der Waals surface area (Å²) in [7, 11) is 0. The first-order valence-corrected chi connectivity index (χ1v) is 22.2. The van der Waals surface area contributed by atoms with Crippen molar-refractivity contribution in [3.8, 4) is 96.5 Å². The van der Waals surface area contributed by atoms with Gasteiger partial charge in [-0.25, -0.2) is 15.0 Å². The van der Waals surface area contributed by atoms with Crippen molar-refractivity contribution in [2.45, 2.75) is 13.8 Å². The largest absolute Gasteiger partial charge is 0.308 e. The maximum absolute atomic E-state index is 10.8. The van der Waals surface area contributed by atoms with Crippen LogP contribution in [0.4, 0.5) is 0 Å². The van der Waals surface area contributed by atoms with E-state index in [4.69, 9.17) is 15.0 Å². The Morgan fingerprint density at radius 1 is 0.343 bits per heavy atom. The molecule has 0 saturated carbocycles. The third-order valence-electron chi connectivity index (χ3n) is 12.6. The van der Waals surface area contributed by atoms with Crippen LogP contribution >= 0.6 is 0 Å². The van der Waals surface area contributed by atoms with Gasteiger partial charge in [-0.2, -0.15) is 10.5 Å². The summed E-state index contributed by atoms with van der Waals surface area (Å²) in [6.07, 6.45) is 0. The Morgan fingerprint density at radius 3 is 1.13 bits per heavy atom. The van der Waals surface area contributed by atoms with Gasteiger partial charge < -0.3 is 4.57 Å². The standard InChI is InChI=1S/C61H40N6/c1-39-17-9-13-25-48(39)43-29-31-56-52(33-43)53-34-44(49-26-14-10-18-40(49)2)30-32-57(53)67(56)58-54(50-27-15-11-23-45(50)37-62)35-47(36-55(58)51-28-16-12-24-46(51)38-63)61-65-59(41-19-5-3-6-20-41)64-60(66-61)42-21-7-4-8-22-42/h3-36H,1-2H3. The molecule has 6 nitrogen and oxygen atoms in total. The molecular weight excluding hydrogens is 817 g/mol. The zero-order chi connectivity index (χ0) is 45.4. The molecule has 9 aromatic carbocycles. The Bertz CT molecular complexity index is 3560. The van der Waals surface area contributed by atoms with E-state index >= 15 is 0 Å². The first-order valence-electron chi connectivity index (χ1n) is 22.2. The molecule has 314 valence electrons. The summed E-state index contributed by atoms with van der Waals surface area (Å²) < 4.78 is 2.32. The van der Waals surface area contributed by atoms with E-state index in [9.17, 15) is 10.5 Å². The highest BCUT2D eigenvalue weighted by molar-refractivity contribution is 6.13. The van der Waals surface area contributed by atoms with Crippen molar-refractivity contribution in [1.82, 2.24) is 19.5 Å². The first kappa shape index (κ1) is 40.5. The number of aryl methyl sites for hydroxylation is 2. The average molecular weight is 857 g/mol. The monoisotopic (exact) mass is 856 g/mol. The number of hydrogen-bond donors (Lipinski definition) is 0. The highest BCUT2D eigenvalue weighted by Gasteiger charge is 2.26. The lowest BCUT2D eigenvalue weighted by Gasteiger charge is -2.22. The molecule has 0 amide bonds. The van der Waals surface area contributed by atoms with E-state index in [-0.39, 0.29) is 0 Å². The van der Waals surface area contributed by atoms with Crippen LogP contribution in [0.3, 0.4) is 0 Å². The van der Waals surface area contributed by atoms with Crippen molar-refractivity contribution in [2.24, 2.45) is 0 Å². The fourth-order valence-corrected chi connectivity index (χ4v) is 9.38. The van der Waals surface area contributed by atoms with E-state index in [1.807, 2.05) is 109 Å². The highest BCUT2D eigenvalue weighted by atomic mass is 15.0. The Labute approximate surface area is 389 Å². The van der Waals surface area contributed by atoms with Crippen LogP contribution in [0.15, 0.2) is 206 Å². The van der Waals surface area contributed by atoms with Crippen LogP contribution in [0.1, 0.15) is 22.3 Å². The molecule has 11 aromatic rings. The number of aromatic nitrogens is 4. The molecule has 2 heterocycles. The Kier molecular flexibility index (Phi) is 10.3. The van der Waals surface area contributed by atoms with Gasteiger partial charge in [0.15, 0.2) is 17.5 Å². The molecule has 0 fully saturated rings. The summed E-state index contributed by atoms with van der Waals surface area (Å²) in [6, 6.07) is 74.9. The fraction of sp³-hybridized carbons (Fsp3) is 0.0328. The molecule has 0 N–H and O–H groups in total. The van der Waals surface area contributed by atoms with Crippen LogP contribution in [0.5, 0.6) is 0 Å². The van der Waals surface area contributed by atoms with Crippen molar-refractivity contribution in [1.29, 1.82) is 10.5 Å². The van der Waals surface area contributed by atoms with Gasteiger partial charge in [-0.1, -0.05) is 158 Å². The van der Waals surface area contributed by atoms with Crippen LogP contribution in [-0.2, 0) is 0 Å². The summed E-state index contributed by atoms with van der Waals surface area (Å²) in [4.78, 5) is 15.4. The molecule has 2 aromatic heterocycles. The second-order valence-corrected chi connectivity index (χ2v) is 16.7. The highest BCUT2D eigenvalue weighted by Crippen LogP contribution is 2.46. The molecular formula is C61H40N6. The average Bonchev–Trinajstić information content (AvgIpc) is 3.71. The molecule has 67 heavy (non-hydrogen) atoms. The van der Waals surface area contributed by atoms with Crippen molar-refractivity contribution in [3.05, 3.63) is 229 Å². The molecule has 0 aliphatic rings. The van der Waals surface area contributed by atoms with E-state index in [0.717, 1.165) is 72.0 Å². The minimum atomic E-state index is 0.457. The van der Waals surface area contributed by atoms with E-state index in [1.54, 1.807) is 0 Å². The Morgan fingerprint density at radius 2 is 0.716 bits per heavy atom. The minimum Gasteiger partial charge on any atom is -0.308 e. The number of fused-ring (bicyclic) bond motifs is 3. The van der Waals surface area contributed by atoms with Crippen molar-refractivity contribution in [3.63, 3.8) is 0 Å². The fourth-order valence-electron chi connectivity index (χ4n) is 9.38. The van der Waals surface area contributed by atoms with Gasteiger partial charge in [0, 0.05) is 49.7 Å². The van der Waals surface area contributed by atoms with Gasteiger partial charge in [0.05, 0.1) is 40.0 Å². The van der Waals surface area contributed by atoms with E-state index < -0.39 is 0 Å². The Balaban J connectivity index is 1.29. The van der Waals surface area contributed by atoms with Crippen LogP contribution in [0.2, 0.25) is 0 Å². The lowest BCUT2D eigenvalue weighted by Crippen LogP contribution is -2.05. The molecule has 0 atom stereocenters. The second kappa shape index (κ2) is 17.0. The van der Waals surface area contributed by atoms with Crippen molar-refractivity contribution < 1.29 is 0 Å². The third-order valence-corrected chi connectivity index (χ3v) is 12.6. The summed E-state index contributed by atoms with van der Waals surface area (Å²) >= 11 is 0. The number of hydrogen-bond acceptors (Lipinski definition) is 5. The lowest BCUT2D eigenvalue weighted by molar-refractivity contribution is 1.07. The smallest absolute Gasteiger partial charge is 0.164 e. The van der Waals surface area contributed by atoms with E-state index in [2.05, 4.69) is 128 Å². The number of benzene rings is 9. The van der Waals surface area contributed by atoms with Crippen LogP contribution in [-0.4, -0.2) is 19.5 Å². The third kappa shape index (κ3) is 7.30. The molecule has 0 unspecified atom stereocenters. The SMILES string of the molecule is Cc1ccccc1-c1ccc2c(c1)c1cc(-c3ccccc3C)ccc1n2-c1c(-c2ccccc2C#N)cc(-c2nc(-c3ccccc3)nc(-c3ccccc3)n2)cc1-c1ccccc1C#N. The molecule has 11 rings (SSSR count). The maximum Gasteiger partial charge on any atom is 0.164 e. The zero-order valence-corrected chi connectivity index (χ0v) is 36.8. The normalized spacial score (nSPS) is 11.1. The number of rotatable bonds is 8. The summed E-state index contributed by atoms with van der Waals surface area (Å²) in [5.74, 6) is 1.52. The van der Waals surface area contributed by atoms with Gasteiger partial charge in [-0.3, -0.25) is 0 Å². The second-order valence-electron chi connectivity index (χ2n) is 16.7. The summed E-state index contributed by atoms with van der Waals surface area (Å²) in [5.41, 5.74) is 16.2. The van der Waals surface area contributed by atoms with Gasteiger partial charge >= 0.3 is 0 Å². The zero-order valence-electron chi connectivity index (χ0n) is 36.8. The van der Waals surface area contributed by atoms with Gasteiger partial charge in [-0.05, 0) is 95.8 Å². The molecule has 0 bridgehead atoms. The molecule has 6 heteroatoms. The summed E-state index contributed by atoms with van der Waals surface area (Å²) in [5, 5.41) is 23.8. The summed E-state index contributed by atoms with van der Waals surface area (Å²) in [6.45, 7) is 4.30. The molecule has 0 aliphatic carbocycles. The van der Waals surface area contributed by atoms with Gasteiger partial charge in [-0.15, -0.1) is 0 Å². The van der Waals surface area contributed by atoms with E-state index in [0.29, 0.717) is 34.2 Å². The molecule has 0 radical (unpaired) electrons. The van der Waals surface area contributed by atoms with Crippen molar-refractivity contribution in [2.75, 3.05) is 0 Å². The predicted molar refractivity (Wildman–Crippen MR) is 271 cm³/mol. The first-order chi connectivity index (χ1) is 33.0. The predicted octanol–water partition coefficient (Wildman–Crippen LogP) is 15.0. The molecule has 0 spiro atoms. The minimum absolute atomic E-state index is 0.457. The number of nitrogens with zero attached hydrogens (tertiary/aromatic N) is 6. The van der Waals surface area contributed by atoms with Crippen molar-refractivity contribution >= 4 is 21.8 Å². The van der Waals surface area contributed by atoms with Gasteiger partial charge in [0.25, 0.3) is 0 Å². The van der Waals surface area contributed by atoms with Gasteiger partial charge in [0.2, 0.25) is 0 Å². The van der Waals surface area contributed by atoms with Gasteiger partial charge in [0.1, 0.15) is 0 Å². The van der Waals surface area contributed by atoms with E-state index in [1.165, 1.54) is 22.3 Å². The molecule has 0 aliphatic heterocycles. The quantitative estimate of drug-likeness (QED) is 0.152. The lowest BCUT2D eigenvalue weighted by atomic mass is 9.89. The molecule has 0 saturated heterocycles. The van der Waals surface area contributed by atoms with Crippen LogP contribution in [0.25, 0.3) is 106 Å². The number of nitriles is 2. The Hall–Kier alpha value is -9.23. The van der Waals surface area contributed by atoms with Crippen LogP contribution < -0.4 is 0 Å². The topological polar surface area (TPSA) is 91.2 Å².